The van der Waals surface area contributed by atoms with Crippen LogP contribution in [0.1, 0.15) is 54.7 Å². The van der Waals surface area contributed by atoms with Crippen molar-refractivity contribution < 1.29 is 9.53 Å². The van der Waals surface area contributed by atoms with Gasteiger partial charge in [0.1, 0.15) is 5.75 Å². The molecule has 6 nitrogen and oxygen atoms in total. The molecule has 1 fully saturated rings. The Labute approximate surface area is 170 Å². The lowest BCUT2D eigenvalue weighted by Crippen LogP contribution is -2.24. The van der Waals surface area contributed by atoms with E-state index in [0.29, 0.717) is 30.5 Å². The van der Waals surface area contributed by atoms with Gasteiger partial charge in [-0.25, -0.2) is 0 Å². The maximum absolute atomic E-state index is 12.7. The molecule has 1 aliphatic rings. The van der Waals surface area contributed by atoms with E-state index >= 15 is 0 Å². The molecule has 0 atom stereocenters. The molecular formula is C23H26N4O2. The lowest BCUT2D eigenvalue weighted by molar-refractivity contribution is 0.0946. The van der Waals surface area contributed by atoms with Crippen molar-refractivity contribution >= 4 is 5.91 Å². The van der Waals surface area contributed by atoms with Gasteiger partial charge in [-0.2, -0.15) is 5.10 Å². The smallest absolute Gasteiger partial charge is 0.255 e. The quantitative estimate of drug-likeness (QED) is 0.650. The fourth-order valence-electron chi connectivity index (χ4n) is 3.87. The van der Waals surface area contributed by atoms with Crippen molar-refractivity contribution in [1.82, 2.24) is 20.1 Å². The highest BCUT2D eigenvalue weighted by molar-refractivity contribution is 5.96. The first-order valence-corrected chi connectivity index (χ1v) is 10.3. The van der Waals surface area contributed by atoms with Crippen LogP contribution in [0.25, 0.3) is 11.4 Å². The van der Waals surface area contributed by atoms with Crippen LogP contribution in [0.4, 0.5) is 0 Å². The van der Waals surface area contributed by atoms with Crippen LogP contribution in [0, 0.1) is 0 Å². The first kappa shape index (κ1) is 19.2. The normalized spacial score (nSPS) is 14.1. The number of nitrogens with zero attached hydrogens (tertiary/aromatic N) is 3. The second-order valence-corrected chi connectivity index (χ2v) is 7.23. The van der Waals surface area contributed by atoms with Crippen molar-refractivity contribution in [3.05, 3.63) is 66.0 Å². The number of hydrogen-bond acceptors (Lipinski definition) is 4. The van der Waals surface area contributed by atoms with Crippen LogP contribution in [0.15, 0.2) is 54.7 Å². The zero-order valence-corrected chi connectivity index (χ0v) is 16.7. The van der Waals surface area contributed by atoms with Crippen LogP contribution in [0.5, 0.6) is 5.75 Å². The maximum atomic E-state index is 12.7. The Balaban J connectivity index is 1.54. The Kier molecular flexibility index (Phi) is 5.89. The standard InChI is InChI=1S/C23H26N4O2/c1-2-29-22-13-6-5-11-19(22)23(28)25-16-17-15-21(20-12-7-8-14-24-20)27(26-17)18-9-3-4-10-18/h5-8,11-15,18H,2-4,9-10,16H2,1H3,(H,25,28). The van der Waals surface area contributed by atoms with Gasteiger partial charge < -0.3 is 10.1 Å². The minimum Gasteiger partial charge on any atom is -0.493 e. The van der Waals surface area contributed by atoms with Gasteiger partial charge in [-0.05, 0) is 50.1 Å². The number of para-hydroxylation sites is 1. The average Bonchev–Trinajstić information content (AvgIpc) is 3.43. The predicted octanol–water partition coefficient (Wildman–Crippen LogP) is 4.39. The Hall–Kier alpha value is -3.15. The molecule has 2 aromatic heterocycles. The van der Waals surface area contributed by atoms with E-state index in [4.69, 9.17) is 9.84 Å². The average molecular weight is 390 g/mol. The van der Waals surface area contributed by atoms with Gasteiger partial charge in [-0.15, -0.1) is 0 Å². The van der Waals surface area contributed by atoms with Gasteiger partial charge in [-0.3, -0.25) is 14.5 Å². The Bertz CT molecular complexity index is 962. The summed E-state index contributed by atoms with van der Waals surface area (Å²) in [4.78, 5) is 17.2. The van der Waals surface area contributed by atoms with E-state index in [0.717, 1.165) is 29.9 Å². The molecule has 0 saturated heterocycles. The number of pyridine rings is 1. The monoisotopic (exact) mass is 390 g/mol. The third kappa shape index (κ3) is 4.31. The van der Waals surface area contributed by atoms with Gasteiger partial charge in [0.25, 0.3) is 5.91 Å². The van der Waals surface area contributed by atoms with E-state index in [1.807, 2.05) is 49.4 Å². The number of amides is 1. The molecule has 150 valence electrons. The number of carbonyl (C=O) groups is 1. The minimum atomic E-state index is -0.163. The van der Waals surface area contributed by atoms with E-state index in [-0.39, 0.29) is 5.91 Å². The summed E-state index contributed by atoms with van der Waals surface area (Å²) in [6, 6.07) is 15.6. The molecule has 1 N–H and O–H groups in total. The van der Waals surface area contributed by atoms with Crippen molar-refractivity contribution in [2.75, 3.05) is 6.61 Å². The summed E-state index contributed by atoms with van der Waals surface area (Å²) < 4.78 is 7.67. The summed E-state index contributed by atoms with van der Waals surface area (Å²) >= 11 is 0. The van der Waals surface area contributed by atoms with Crippen LogP contribution in [0.2, 0.25) is 0 Å². The molecule has 0 aliphatic heterocycles. The third-order valence-corrected chi connectivity index (χ3v) is 5.25. The van der Waals surface area contributed by atoms with Gasteiger partial charge in [0.15, 0.2) is 0 Å². The molecule has 2 heterocycles. The summed E-state index contributed by atoms with van der Waals surface area (Å²) in [6.45, 7) is 2.78. The van der Waals surface area contributed by atoms with E-state index in [2.05, 4.69) is 15.0 Å². The summed E-state index contributed by atoms with van der Waals surface area (Å²) in [6.07, 6.45) is 6.52. The Morgan fingerprint density at radius 3 is 2.72 bits per heavy atom. The van der Waals surface area contributed by atoms with Gasteiger partial charge >= 0.3 is 0 Å². The zero-order chi connectivity index (χ0) is 20.1. The summed E-state index contributed by atoms with van der Waals surface area (Å²) in [7, 11) is 0. The molecule has 0 radical (unpaired) electrons. The van der Waals surface area contributed by atoms with Crippen LogP contribution < -0.4 is 10.1 Å². The lowest BCUT2D eigenvalue weighted by atomic mass is 10.2. The zero-order valence-electron chi connectivity index (χ0n) is 16.7. The van der Waals surface area contributed by atoms with Crippen LogP contribution >= 0.6 is 0 Å². The van der Waals surface area contributed by atoms with Crippen molar-refractivity contribution in [2.24, 2.45) is 0 Å². The van der Waals surface area contributed by atoms with Crippen molar-refractivity contribution in [1.29, 1.82) is 0 Å². The number of ether oxygens (including phenoxy) is 1. The van der Waals surface area contributed by atoms with Gasteiger partial charge in [0, 0.05) is 6.20 Å². The van der Waals surface area contributed by atoms with E-state index in [1.165, 1.54) is 12.8 Å². The molecule has 0 unspecified atom stereocenters. The molecule has 1 amide bonds. The van der Waals surface area contributed by atoms with E-state index < -0.39 is 0 Å². The van der Waals surface area contributed by atoms with Crippen molar-refractivity contribution in [2.45, 2.75) is 45.2 Å². The summed E-state index contributed by atoms with van der Waals surface area (Å²) in [5.74, 6) is 0.432. The van der Waals surface area contributed by atoms with Gasteiger partial charge in [0.2, 0.25) is 0 Å². The van der Waals surface area contributed by atoms with Crippen LogP contribution in [-0.2, 0) is 6.54 Å². The largest absolute Gasteiger partial charge is 0.493 e. The molecule has 29 heavy (non-hydrogen) atoms. The van der Waals surface area contributed by atoms with Crippen LogP contribution in [-0.4, -0.2) is 27.3 Å². The number of aromatic nitrogens is 3. The number of carbonyl (C=O) groups excluding carboxylic acids is 1. The van der Waals surface area contributed by atoms with E-state index in [9.17, 15) is 4.79 Å². The molecule has 1 aromatic carbocycles. The highest BCUT2D eigenvalue weighted by Gasteiger charge is 2.22. The van der Waals surface area contributed by atoms with Gasteiger partial charge in [0.05, 0.1) is 41.8 Å². The summed E-state index contributed by atoms with van der Waals surface area (Å²) in [5, 5.41) is 7.81. The highest BCUT2D eigenvalue weighted by Crippen LogP contribution is 2.33. The first-order valence-electron chi connectivity index (χ1n) is 10.3. The van der Waals surface area contributed by atoms with E-state index in [1.54, 1.807) is 12.3 Å². The molecular weight excluding hydrogens is 364 g/mol. The SMILES string of the molecule is CCOc1ccccc1C(=O)NCc1cc(-c2ccccn2)n(C2CCCC2)n1. The van der Waals surface area contributed by atoms with Crippen molar-refractivity contribution in [3.63, 3.8) is 0 Å². The fraction of sp³-hybridized carbons (Fsp3) is 0.348. The second kappa shape index (κ2) is 8.90. The number of hydrogen-bond donors (Lipinski definition) is 1. The first-order chi connectivity index (χ1) is 14.3. The topological polar surface area (TPSA) is 69.0 Å². The van der Waals surface area contributed by atoms with Crippen molar-refractivity contribution in [3.8, 4) is 17.1 Å². The second-order valence-electron chi connectivity index (χ2n) is 7.23. The molecule has 0 bridgehead atoms. The highest BCUT2D eigenvalue weighted by atomic mass is 16.5. The maximum Gasteiger partial charge on any atom is 0.255 e. The minimum absolute atomic E-state index is 0.163. The predicted molar refractivity (Wildman–Crippen MR) is 112 cm³/mol. The number of benzene rings is 1. The molecule has 3 aromatic rings. The van der Waals surface area contributed by atoms with Gasteiger partial charge in [-0.1, -0.05) is 31.0 Å². The Morgan fingerprint density at radius 2 is 1.97 bits per heavy atom. The molecule has 6 heteroatoms. The summed E-state index contributed by atoms with van der Waals surface area (Å²) in [5.41, 5.74) is 3.29. The molecule has 1 aliphatic carbocycles. The van der Waals surface area contributed by atoms with Crippen LogP contribution in [0.3, 0.4) is 0 Å². The lowest BCUT2D eigenvalue weighted by Gasteiger charge is -2.13. The fourth-order valence-corrected chi connectivity index (χ4v) is 3.87. The number of nitrogens with one attached hydrogen (secondary N) is 1. The molecule has 4 rings (SSSR count). The molecule has 0 spiro atoms. The Morgan fingerprint density at radius 1 is 1.17 bits per heavy atom. The third-order valence-electron chi connectivity index (χ3n) is 5.25. The number of rotatable bonds is 7. The molecule has 1 saturated carbocycles.